The Hall–Kier alpha value is -2.93. The monoisotopic (exact) mass is 369 g/mol. The molecule has 0 bridgehead atoms. The van der Waals surface area contributed by atoms with Gasteiger partial charge in [0.15, 0.2) is 0 Å². The van der Waals surface area contributed by atoms with Gasteiger partial charge in [0.05, 0.1) is 11.0 Å². The summed E-state index contributed by atoms with van der Waals surface area (Å²) in [6.07, 6.45) is 2.02. The Bertz CT molecular complexity index is 814. The number of carbonyl (C=O) groups is 1. The van der Waals surface area contributed by atoms with Gasteiger partial charge in [-0.05, 0) is 37.5 Å². The van der Waals surface area contributed by atoms with Crippen molar-refractivity contribution in [3.63, 3.8) is 0 Å². The molecule has 142 valence electrons. The second-order valence-corrected chi connectivity index (χ2v) is 6.67. The van der Waals surface area contributed by atoms with Crippen LogP contribution in [0.1, 0.15) is 34.3 Å². The Morgan fingerprint density at radius 1 is 1.26 bits per heavy atom. The van der Waals surface area contributed by atoms with Crippen molar-refractivity contribution in [2.24, 2.45) is 0 Å². The molecule has 3 rings (SSSR count). The van der Waals surface area contributed by atoms with Gasteiger partial charge in [0.25, 0.3) is 11.6 Å². The molecule has 2 aromatic rings. The fourth-order valence-electron chi connectivity index (χ4n) is 2.99. The Kier molecular flexibility index (Phi) is 6.03. The Balaban J connectivity index is 1.65. The van der Waals surface area contributed by atoms with Gasteiger partial charge in [-0.25, -0.2) is 0 Å². The summed E-state index contributed by atoms with van der Waals surface area (Å²) in [5.41, 5.74) is 2.66. The van der Waals surface area contributed by atoms with E-state index >= 15 is 0 Å². The summed E-state index contributed by atoms with van der Waals surface area (Å²) in [7, 11) is 0. The first-order valence-corrected chi connectivity index (χ1v) is 9.00. The molecule has 2 N–H and O–H groups in total. The van der Waals surface area contributed by atoms with Gasteiger partial charge in [0.1, 0.15) is 5.69 Å². The molecule has 1 aliphatic heterocycles. The van der Waals surface area contributed by atoms with E-state index in [1.165, 1.54) is 6.07 Å². The second kappa shape index (κ2) is 8.64. The highest BCUT2D eigenvalue weighted by Crippen LogP contribution is 2.26. The molecule has 1 aliphatic rings. The molecule has 1 unspecified atom stereocenters. The third kappa shape index (κ3) is 5.04. The molecule has 0 radical (unpaired) electrons. The normalized spacial score (nSPS) is 16.1. The summed E-state index contributed by atoms with van der Waals surface area (Å²) in [4.78, 5) is 23.3. The van der Waals surface area contributed by atoms with Crippen molar-refractivity contribution >= 4 is 17.3 Å². The van der Waals surface area contributed by atoms with Gasteiger partial charge >= 0.3 is 0 Å². The van der Waals surface area contributed by atoms with Gasteiger partial charge in [-0.1, -0.05) is 29.8 Å². The summed E-state index contributed by atoms with van der Waals surface area (Å²) in [6.45, 7) is 3.61. The average Bonchev–Trinajstić information content (AvgIpc) is 3.19. The first kappa shape index (κ1) is 18.8. The minimum Gasteiger partial charge on any atom is -0.377 e. The number of benzene rings is 2. The Morgan fingerprint density at radius 3 is 2.70 bits per heavy atom. The number of aryl methyl sites for hydroxylation is 1. The summed E-state index contributed by atoms with van der Waals surface area (Å²) in [6, 6.07) is 12.3. The van der Waals surface area contributed by atoms with Gasteiger partial charge in [-0.3, -0.25) is 14.9 Å². The van der Waals surface area contributed by atoms with Crippen molar-refractivity contribution in [3.05, 3.63) is 69.3 Å². The van der Waals surface area contributed by atoms with E-state index in [-0.39, 0.29) is 23.3 Å². The van der Waals surface area contributed by atoms with Crippen LogP contribution in [0.2, 0.25) is 0 Å². The zero-order valence-corrected chi connectivity index (χ0v) is 15.2. The predicted octanol–water partition coefficient (Wildman–Crippen LogP) is 3.42. The van der Waals surface area contributed by atoms with Crippen LogP contribution in [0.15, 0.2) is 42.5 Å². The van der Waals surface area contributed by atoms with Crippen LogP contribution in [0.3, 0.4) is 0 Å². The maximum absolute atomic E-state index is 12.4. The summed E-state index contributed by atoms with van der Waals surface area (Å²) in [5, 5.41) is 17.3. The van der Waals surface area contributed by atoms with Gasteiger partial charge in [-0.15, -0.1) is 0 Å². The summed E-state index contributed by atoms with van der Waals surface area (Å²) in [5.74, 6) is -0.343. The van der Waals surface area contributed by atoms with Crippen LogP contribution in [-0.4, -0.2) is 30.1 Å². The van der Waals surface area contributed by atoms with E-state index in [0.717, 1.165) is 30.6 Å². The van der Waals surface area contributed by atoms with Crippen LogP contribution in [0.5, 0.6) is 0 Å². The lowest BCUT2D eigenvalue weighted by Crippen LogP contribution is -2.23. The molecule has 7 nitrogen and oxygen atoms in total. The average molecular weight is 369 g/mol. The van der Waals surface area contributed by atoms with Crippen LogP contribution in [0, 0.1) is 17.0 Å². The van der Waals surface area contributed by atoms with Gasteiger partial charge in [0, 0.05) is 31.3 Å². The number of nitrogens with zero attached hydrogens (tertiary/aromatic N) is 1. The third-order valence-electron chi connectivity index (χ3n) is 4.57. The van der Waals surface area contributed by atoms with Crippen molar-refractivity contribution in [2.45, 2.75) is 32.4 Å². The number of rotatable bonds is 7. The molecule has 1 saturated heterocycles. The molecular weight excluding hydrogens is 346 g/mol. The van der Waals surface area contributed by atoms with Gasteiger partial charge in [0.2, 0.25) is 0 Å². The van der Waals surface area contributed by atoms with Crippen molar-refractivity contribution in [1.29, 1.82) is 0 Å². The molecule has 27 heavy (non-hydrogen) atoms. The highest BCUT2D eigenvalue weighted by Gasteiger charge is 2.20. The molecular formula is C20H23N3O4. The topological polar surface area (TPSA) is 93.5 Å². The quantitative estimate of drug-likeness (QED) is 0.576. The van der Waals surface area contributed by atoms with Crippen molar-refractivity contribution in [2.75, 3.05) is 18.5 Å². The molecule has 0 saturated carbocycles. The highest BCUT2D eigenvalue weighted by molar-refractivity contribution is 5.95. The van der Waals surface area contributed by atoms with Crippen LogP contribution < -0.4 is 10.6 Å². The number of anilines is 1. The molecule has 0 aliphatic carbocycles. The maximum atomic E-state index is 12.4. The number of hydrogen-bond donors (Lipinski definition) is 2. The van der Waals surface area contributed by atoms with E-state index in [4.69, 9.17) is 4.74 Å². The minimum absolute atomic E-state index is 0.0714. The largest absolute Gasteiger partial charge is 0.377 e. The van der Waals surface area contributed by atoms with E-state index in [9.17, 15) is 14.9 Å². The molecule has 1 heterocycles. The van der Waals surface area contributed by atoms with Crippen LogP contribution in [0.4, 0.5) is 11.4 Å². The Morgan fingerprint density at radius 2 is 2.04 bits per heavy atom. The molecule has 0 aromatic heterocycles. The first-order valence-electron chi connectivity index (χ1n) is 9.00. The van der Waals surface area contributed by atoms with Crippen LogP contribution in [-0.2, 0) is 11.3 Å². The number of amides is 1. The van der Waals surface area contributed by atoms with Gasteiger partial charge in [-0.2, -0.15) is 0 Å². The molecule has 2 aromatic carbocycles. The fraction of sp³-hybridized carbons (Fsp3) is 0.350. The lowest BCUT2D eigenvalue weighted by atomic mass is 10.1. The van der Waals surface area contributed by atoms with Crippen LogP contribution in [0.25, 0.3) is 0 Å². The number of nitrogens with one attached hydrogen (secondary N) is 2. The summed E-state index contributed by atoms with van der Waals surface area (Å²) >= 11 is 0. The predicted molar refractivity (Wildman–Crippen MR) is 103 cm³/mol. The maximum Gasteiger partial charge on any atom is 0.293 e. The number of ether oxygens (including phenoxy) is 1. The van der Waals surface area contributed by atoms with E-state index in [1.807, 2.05) is 31.2 Å². The van der Waals surface area contributed by atoms with E-state index in [2.05, 4.69) is 10.6 Å². The van der Waals surface area contributed by atoms with E-state index in [0.29, 0.717) is 18.8 Å². The van der Waals surface area contributed by atoms with Gasteiger partial charge < -0.3 is 15.4 Å². The van der Waals surface area contributed by atoms with Crippen molar-refractivity contribution in [1.82, 2.24) is 5.32 Å². The molecule has 0 spiro atoms. The number of nitro benzene ring substituents is 1. The number of nitro groups is 1. The van der Waals surface area contributed by atoms with E-state index in [1.54, 1.807) is 12.1 Å². The Labute approximate surface area is 157 Å². The lowest BCUT2D eigenvalue weighted by Gasteiger charge is -2.13. The highest BCUT2D eigenvalue weighted by atomic mass is 16.6. The van der Waals surface area contributed by atoms with Crippen molar-refractivity contribution in [3.8, 4) is 0 Å². The molecule has 1 amide bonds. The number of carbonyl (C=O) groups excluding carboxylic acids is 1. The number of hydrogen-bond acceptors (Lipinski definition) is 5. The molecule has 1 atom stereocenters. The molecule has 7 heteroatoms. The van der Waals surface area contributed by atoms with Crippen LogP contribution >= 0.6 is 0 Å². The minimum atomic E-state index is -0.478. The zero-order chi connectivity index (χ0) is 19.2. The van der Waals surface area contributed by atoms with Crippen molar-refractivity contribution < 1.29 is 14.5 Å². The SMILES string of the molecule is Cc1ccc(CNC(=O)c2ccc(NCC3CCCO3)c([N+](=O)[O-])c2)cc1. The smallest absolute Gasteiger partial charge is 0.293 e. The third-order valence-corrected chi connectivity index (χ3v) is 4.57. The standard InChI is InChI=1S/C20H23N3O4/c1-14-4-6-15(7-5-14)12-22-20(24)16-8-9-18(19(11-16)23(25)26)21-13-17-3-2-10-27-17/h4-9,11,17,21H,2-3,10,12-13H2,1H3,(H,22,24). The molecule has 1 fully saturated rings. The second-order valence-electron chi connectivity index (χ2n) is 6.67. The first-order chi connectivity index (χ1) is 13.0. The lowest BCUT2D eigenvalue weighted by molar-refractivity contribution is -0.384. The zero-order valence-electron chi connectivity index (χ0n) is 15.2. The summed E-state index contributed by atoms with van der Waals surface area (Å²) < 4.78 is 5.52. The van der Waals surface area contributed by atoms with E-state index < -0.39 is 4.92 Å². The fourth-order valence-corrected chi connectivity index (χ4v) is 2.99.